The number of benzene rings is 1. The molecule has 9 heteroatoms. The Kier molecular flexibility index (Phi) is 4.25. The highest BCUT2D eigenvalue weighted by Gasteiger charge is 2.36. The topological polar surface area (TPSA) is 83.8 Å². The van der Waals surface area contributed by atoms with Crippen LogP contribution < -0.4 is 4.74 Å². The van der Waals surface area contributed by atoms with E-state index >= 15 is 0 Å². The first-order valence-electron chi connectivity index (χ1n) is 4.62. The first kappa shape index (κ1) is 15.1. The molecule has 0 radical (unpaired) electrons. The van der Waals surface area contributed by atoms with Gasteiger partial charge in [-0.1, -0.05) is 11.6 Å². The summed E-state index contributed by atoms with van der Waals surface area (Å²) in [5.74, 6) is -3.90. The molecule has 104 valence electrons. The third kappa shape index (κ3) is 3.50. The Morgan fingerprint density at radius 3 is 2.26 bits per heavy atom. The predicted molar refractivity (Wildman–Crippen MR) is 56.5 cm³/mol. The van der Waals surface area contributed by atoms with Crippen LogP contribution in [-0.2, 0) is 11.0 Å². The van der Waals surface area contributed by atoms with Gasteiger partial charge in [-0.15, -0.1) is 0 Å². The number of ether oxygens (including phenoxy) is 1. The lowest BCUT2D eigenvalue weighted by Gasteiger charge is -2.14. The average molecular weight is 299 g/mol. The van der Waals surface area contributed by atoms with Crippen molar-refractivity contribution in [3.8, 4) is 5.75 Å². The van der Waals surface area contributed by atoms with Gasteiger partial charge in [-0.3, -0.25) is 0 Å². The number of carboxylic acid groups (broad SMARTS) is 2. The number of aromatic carboxylic acids is 1. The first-order valence-corrected chi connectivity index (χ1v) is 5.00. The molecule has 0 aliphatic carbocycles. The summed E-state index contributed by atoms with van der Waals surface area (Å²) in [7, 11) is 0. The summed E-state index contributed by atoms with van der Waals surface area (Å²) in [5.41, 5.74) is -1.96. The summed E-state index contributed by atoms with van der Waals surface area (Å²) in [6.07, 6.45) is -4.81. The maximum Gasteiger partial charge on any atom is 0.417 e. The Labute approximate surface area is 109 Å². The van der Waals surface area contributed by atoms with Gasteiger partial charge < -0.3 is 14.9 Å². The van der Waals surface area contributed by atoms with Crippen LogP contribution >= 0.6 is 11.6 Å². The van der Waals surface area contributed by atoms with E-state index in [1.807, 2.05) is 0 Å². The fraction of sp³-hybridized carbons (Fsp3) is 0.200. The zero-order valence-electron chi connectivity index (χ0n) is 8.99. The summed E-state index contributed by atoms with van der Waals surface area (Å²) >= 11 is 5.42. The van der Waals surface area contributed by atoms with Gasteiger partial charge in [0.05, 0.1) is 10.6 Å². The van der Waals surface area contributed by atoms with Crippen LogP contribution in [0.2, 0.25) is 5.02 Å². The molecule has 1 rings (SSSR count). The Morgan fingerprint density at radius 2 is 1.84 bits per heavy atom. The summed E-state index contributed by atoms with van der Waals surface area (Å²) in [5, 5.41) is 16.2. The van der Waals surface area contributed by atoms with Crippen molar-refractivity contribution in [2.24, 2.45) is 0 Å². The van der Waals surface area contributed by atoms with E-state index in [0.717, 1.165) is 0 Å². The predicted octanol–water partition coefficient (Wildman–Crippen LogP) is 2.52. The fourth-order valence-electron chi connectivity index (χ4n) is 1.22. The second-order valence-electron chi connectivity index (χ2n) is 3.29. The molecule has 1 aromatic carbocycles. The number of rotatable bonds is 4. The number of alkyl halides is 3. The maximum absolute atomic E-state index is 12.6. The molecule has 0 aliphatic heterocycles. The van der Waals surface area contributed by atoms with Gasteiger partial charge >= 0.3 is 18.1 Å². The lowest BCUT2D eigenvalue weighted by Crippen LogP contribution is -2.14. The van der Waals surface area contributed by atoms with E-state index in [1.165, 1.54) is 0 Å². The Balaban J connectivity index is 3.35. The van der Waals surface area contributed by atoms with Crippen LogP contribution in [0.1, 0.15) is 15.9 Å². The van der Waals surface area contributed by atoms with Crippen molar-refractivity contribution < 1.29 is 37.7 Å². The van der Waals surface area contributed by atoms with Gasteiger partial charge in [0.2, 0.25) is 0 Å². The van der Waals surface area contributed by atoms with Crippen LogP contribution in [0.5, 0.6) is 5.75 Å². The normalized spacial score (nSPS) is 11.2. The zero-order chi connectivity index (χ0) is 14.8. The summed E-state index contributed by atoms with van der Waals surface area (Å²) in [6.45, 7) is -1.01. The second kappa shape index (κ2) is 5.35. The molecule has 0 amide bonds. The van der Waals surface area contributed by atoms with E-state index in [1.54, 1.807) is 0 Å². The molecule has 0 unspecified atom stereocenters. The highest BCUT2D eigenvalue weighted by Crippen LogP contribution is 2.41. The van der Waals surface area contributed by atoms with Crippen molar-refractivity contribution in [3.63, 3.8) is 0 Å². The van der Waals surface area contributed by atoms with E-state index < -0.39 is 46.6 Å². The molecule has 0 spiro atoms. The first-order chi connectivity index (χ1) is 8.64. The minimum Gasteiger partial charge on any atom is -0.479 e. The average Bonchev–Trinajstić information content (AvgIpc) is 2.24. The molecule has 0 saturated heterocycles. The van der Waals surface area contributed by atoms with Gasteiger partial charge in [-0.05, 0) is 12.1 Å². The van der Waals surface area contributed by atoms with E-state index in [9.17, 15) is 22.8 Å². The molecule has 1 aromatic rings. The minimum absolute atomic E-state index is 0.486. The van der Waals surface area contributed by atoms with Crippen LogP contribution in [0.3, 0.4) is 0 Å². The fourth-order valence-corrected chi connectivity index (χ4v) is 1.54. The molecule has 0 fully saturated rings. The van der Waals surface area contributed by atoms with Crippen LogP contribution in [0.25, 0.3) is 0 Å². The van der Waals surface area contributed by atoms with Crippen molar-refractivity contribution in [3.05, 3.63) is 28.3 Å². The van der Waals surface area contributed by atoms with Crippen LogP contribution in [-0.4, -0.2) is 28.8 Å². The van der Waals surface area contributed by atoms with E-state index in [4.69, 9.17) is 21.8 Å². The molecule has 0 aliphatic rings. The van der Waals surface area contributed by atoms with Crippen LogP contribution in [0, 0.1) is 0 Å². The number of carbonyl (C=O) groups is 2. The van der Waals surface area contributed by atoms with E-state index in [0.29, 0.717) is 12.1 Å². The molecule has 0 heterocycles. The highest BCUT2D eigenvalue weighted by atomic mass is 35.5. The van der Waals surface area contributed by atoms with Gasteiger partial charge in [0.15, 0.2) is 12.4 Å². The summed E-state index contributed by atoms with van der Waals surface area (Å²) < 4.78 is 42.2. The highest BCUT2D eigenvalue weighted by molar-refractivity contribution is 6.33. The van der Waals surface area contributed by atoms with Gasteiger partial charge in [0, 0.05) is 0 Å². The molecule has 2 N–H and O–H groups in total. The molecular weight excluding hydrogens is 293 g/mol. The van der Waals surface area contributed by atoms with Crippen molar-refractivity contribution in [1.82, 2.24) is 0 Å². The third-order valence-corrected chi connectivity index (χ3v) is 2.35. The van der Waals surface area contributed by atoms with Crippen LogP contribution in [0.4, 0.5) is 13.2 Å². The molecule has 0 atom stereocenters. The van der Waals surface area contributed by atoms with E-state index in [-0.39, 0.29) is 0 Å². The number of halogens is 4. The zero-order valence-corrected chi connectivity index (χ0v) is 9.75. The Morgan fingerprint density at radius 1 is 1.26 bits per heavy atom. The van der Waals surface area contributed by atoms with Crippen molar-refractivity contribution in [2.75, 3.05) is 6.61 Å². The maximum atomic E-state index is 12.6. The van der Waals surface area contributed by atoms with Gasteiger partial charge in [0.1, 0.15) is 5.56 Å². The number of carboxylic acids is 2. The van der Waals surface area contributed by atoms with Gasteiger partial charge in [-0.2, -0.15) is 13.2 Å². The van der Waals surface area contributed by atoms with Gasteiger partial charge in [-0.25, -0.2) is 9.59 Å². The number of aliphatic carboxylic acids is 1. The number of hydrogen-bond acceptors (Lipinski definition) is 3. The van der Waals surface area contributed by atoms with E-state index in [2.05, 4.69) is 4.74 Å². The monoisotopic (exact) mass is 298 g/mol. The lowest BCUT2D eigenvalue weighted by atomic mass is 10.1. The quantitative estimate of drug-likeness (QED) is 0.892. The minimum atomic E-state index is -4.81. The standard InChI is InChI=1S/C10H6ClF3O5/c11-7-5(10(12,13)14)2-1-4(9(17)18)8(7)19-3-6(15)16/h1-2H,3H2,(H,15,16)(H,17,18). The molecular formula is C10H6ClF3O5. The number of hydrogen-bond donors (Lipinski definition) is 2. The third-order valence-electron chi connectivity index (χ3n) is 1.97. The molecule has 5 nitrogen and oxygen atoms in total. The molecule has 0 saturated carbocycles. The van der Waals surface area contributed by atoms with Crippen molar-refractivity contribution in [2.45, 2.75) is 6.18 Å². The summed E-state index contributed by atoms with van der Waals surface area (Å²) in [6, 6.07) is 1.13. The smallest absolute Gasteiger partial charge is 0.417 e. The van der Waals surface area contributed by atoms with Gasteiger partial charge in [0.25, 0.3) is 0 Å². The molecule has 0 bridgehead atoms. The lowest BCUT2D eigenvalue weighted by molar-refractivity contribution is -0.139. The SMILES string of the molecule is O=C(O)COc1c(C(=O)O)ccc(C(F)(F)F)c1Cl. The second-order valence-corrected chi connectivity index (χ2v) is 3.67. The molecule has 19 heavy (non-hydrogen) atoms. The Hall–Kier alpha value is -1.96. The van der Waals surface area contributed by atoms with Crippen LogP contribution in [0.15, 0.2) is 12.1 Å². The van der Waals surface area contributed by atoms with Crippen molar-refractivity contribution >= 4 is 23.5 Å². The Bertz CT molecular complexity index is 527. The largest absolute Gasteiger partial charge is 0.479 e. The molecule has 0 aromatic heterocycles. The summed E-state index contributed by atoms with van der Waals surface area (Å²) in [4.78, 5) is 21.1. The van der Waals surface area contributed by atoms with Crippen molar-refractivity contribution in [1.29, 1.82) is 0 Å².